The van der Waals surface area contributed by atoms with E-state index in [0.717, 1.165) is 26.2 Å². The summed E-state index contributed by atoms with van der Waals surface area (Å²) in [6, 6.07) is 0. The van der Waals surface area contributed by atoms with Gasteiger partial charge in [0.05, 0.1) is 12.7 Å². The Balaban J connectivity index is 2.52. The highest BCUT2D eigenvalue weighted by Gasteiger charge is 2.29. The smallest absolute Gasteiger partial charge is 0.0674 e. The second kappa shape index (κ2) is 6.58. The highest BCUT2D eigenvalue weighted by Crippen LogP contribution is 2.27. The van der Waals surface area contributed by atoms with Crippen LogP contribution >= 0.6 is 0 Å². The van der Waals surface area contributed by atoms with Crippen LogP contribution < -0.4 is 5.32 Å². The van der Waals surface area contributed by atoms with E-state index < -0.39 is 0 Å². The number of nitrogens with zero attached hydrogens (tertiary/aromatic N) is 1. The van der Waals surface area contributed by atoms with Gasteiger partial charge in [0.15, 0.2) is 0 Å². The number of hydrogen-bond donors (Lipinski definition) is 1. The molecule has 1 unspecified atom stereocenters. The molecule has 1 N–H and O–H groups in total. The van der Waals surface area contributed by atoms with Gasteiger partial charge in [0.1, 0.15) is 0 Å². The number of rotatable bonds is 6. The van der Waals surface area contributed by atoms with Crippen LogP contribution in [0.1, 0.15) is 33.6 Å². The van der Waals surface area contributed by atoms with Gasteiger partial charge in [-0.3, -0.25) is 4.90 Å². The molecule has 3 nitrogen and oxygen atoms in total. The quantitative estimate of drug-likeness (QED) is 0.749. The van der Waals surface area contributed by atoms with Crippen LogP contribution in [0.15, 0.2) is 0 Å². The maximum Gasteiger partial charge on any atom is 0.0674 e. The zero-order chi connectivity index (χ0) is 12.0. The SMILES string of the molecule is CCC(CC)(CNC)CN1CCOC(C)C1. The van der Waals surface area contributed by atoms with Gasteiger partial charge in [-0.1, -0.05) is 13.8 Å². The Morgan fingerprint density at radius 1 is 1.38 bits per heavy atom. The van der Waals surface area contributed by atoms with Crippen molar-refractivity contribution in [2.75, 3.05) is 39.8 Å². The van der Waals surface area contributed by atoms with Crippen LogP contribution in [0, 0.1) is 5.41 Å². The van der Waals surface area contributed by atoms with E-state index in [9.17, 15) is 0 Å². The second-order valence-corrected chi connectivity index (χ2v) is 5.15. The lowest BCUT2D eigenvalue weighted by Gasteiger charge is -2.40. The standard InChI is InChI=1S/C13H28N2O/c1-5-13(6-2,10-14-4)11-15-7-8-16-12(3)9-15/h12,14H,5-11H2,1-4H3. The van der Waals surface area contributed by atoms with E-state index in [1.807, 2.05) is 0 Å². The maximum atomic E-state index is 5.59. The maximum absolute atomic E-state index is 5.59. The average molecular weight is 228 g/mol. The first kappa shape index (κ1) is 13.9. The molecule has 1 rings (SSSR count). The normalized spacial score (nSPS) is 23.6. The largest absolute Gasteiger partial charge is 0.376 e. The van der Waals surface area contributed by atoms with Gasteiger partial charge in [-0.05, 0) is 32.2 Å². The van der Waals surface area contributed by atoms with Crippen LogP contribution in [0.5, 0.6) is 0 Å². The van der Waals surface area contributed by atoms with E-state index in [1.165, 1.54) is 19.4 Å². The summed E-state index contributed by atoms with van der Waals surface area (Å²) in [7, 11) is 2.06. The molecule has 0 spiro atoms. The minimum atomic E-state index is 0.398. The Morgan fingerprint density at radius 2 is 2.06 bits per heavy atom. The topological polar surface area (TPSA) is 24.5 Å². The zero-order valence-electron chi connectivity index (χ0n) is 11.4. The first-order chi connectivity index (χ1) is 7.65. The minimum absolute atomic E-state index is 0.398. The van der Waals surface area contributed by atoms with Gasteiger partial charge in [-0.2, -0.15) is 0 Å². The predicted octanol–water partition coefficient (Wildman–Crippen LogP) is 1.73. The van der Waals surface area contributed by atoms with E-state index in [2.05, 4.69) is 38.0 Å². The van der Waals surface area contributed by atoms with Gasteiger partial charge in [-0.25, -0.2) is 0 Å². The van der Waals surface area contributed by atoms with Gasteiger partial charge < -0.3 is 10.1 Å². The van der Waals surface area contributed by atoms with E-state index in [4.69, 9.17) is 4.74 Å². The molecule has 3 heteroatoms. The second-order valence-electron chi connectivity index (χ2n) is 5.15. The first-order valence-electron chi connectivity index (χ1n) is 6.64. The van der Waals surface area contributed by atoms with Crippen molar-refractivity contribution in [2.24, 2.45) is 5.41 Å². The molecule has 0 amide bonds. The van der Waals surface area contributed by atoms with Crippen LogP contribution in [0.2, 0.25) is 0 Å². The fourth-order valence-corrected chi connectivity index (χ4v) is 2.66. The van der Waals surface area contributed by atoms with Crippen molar-refractivity contribution in [3.63, 3.8) is 0 Å². The molecule has 0 radical (unpaired) electrons. The van der Waals surface area contributed by atoms with E-state index in [0.29, 0.717) is 11.5 Å². The molecule has 0 aromatic carbocycles. The van der Waals surface area contributed by atoms with Crippen molar-refractivity contribution >= 4 is 0 Å². The summed E-state index contributed by atoms with van der Waals surface area (Å²) in [5, 5.41) is 3.35. The third-order valence-corrected chi connectivity index (χ3v) is 3.94. The fraction of sp³-hybridized carbons (Fsp3) is 1.00. The molecule has 1 heterocycles. The summed E-state index contributed by atoms with van der Waals surface area (Å²) in [5.74, 6) is 0. The predicted molar refractivity (Wildman–Crippen MR) is 68.8 cm³/mol. The third kappa shape index (κ3) is 3.72. The summed E-state index contributed by atoms with van der Waals surface area (Å²) in [5.41, 5.74) is 0.436. The number of hydrogen-bond acceptors (Lipinski definition) is 3. The van der Waals surface area contributed by atoms with Crippen molar-refractivity contribution in [1.29, 1.82) is 0 Å². The van der Waals surface area contributed by atoms with Crippen molar-refractivity contribution in [3.8, 4) is 0 Å². The lowest BCUT2D eigenvalue weighted by molar-refractivity contribution is -0.0333. The van der Waals surface area contributed by atoms with Crippen LogP contribution in [0.3, 0.4) is 0 Å². The molecule has 1 fully saturated rings. The Labute approximate surface area is 101 Å². The Kier molecular flexibility index (Phi) is 5.73. The van der Waals surface area contributed by atoms with E-state index in [1.54, 1.807) is 0 Å². The highest BCUT2D eigenvalue weighted by atomic mass is 16.5. The summed E-state index contributed by atoms with van der Waals surface area (Å²) < 4.78 is 5.59. The lowest BCUT2D eigenvalue weighted by atomic mass is 9.81. The average Bonchev–Trinajstić information content (AvgIpc) is 2.28. The number of morpholine rings is 1. The van der Waals surface area contributed by atoms with Crippen molar-refractivity contribution < 1.29 is 4.74 Å². The molecule has 1 aliphatic rings. The summed E-state index contributed by atoms with van der Waals surface area (Å²) in [6.07, 6.45) is 2.89. The van der Waals surface area contributed by atoms with Gasteiger partial charge in [0.2, 0.25) is 0 Å². The van der Waals surface area contributed by atoms with Gasteiger partial charge in [0, 0.05) is 26.2 Å². The molecule has 1 atom stereocenters. The summed E-state index contributed by atoms with van der Waals surface area (Å²) in [6.45, 7) is 12.2. The van der Waals surface area contributed by atoms with Crippen LogP contribution in [0.4, 0.5) is 0 Å². The monoisotopic (exact) mass is 228 g/mol. The molecule has 1 aliphatic heterocycles. The van der Waals surface area contributed by atoms with Crippen molar-refractivity contribution in [3.05, 3.63) is 0 Å². The van der Waals surface area contributed by atoms with Crippen molar-refractivity contribution in [1.82, 2.24) is 10.2 Å². The summed E-state index contributed by atoms with van der Waals surface area (Å²) >= 11 is 0. The van der Waals surface area contributed by atoms with Crippen LogP contribution in [-0.2, 0) is 4.74 Å². The fourth-order valence-electron chi connectivity index (χ4n) is 2.66. The third-order valence-electron chi connectivity index (χ3n) is 3.94. The van der Waals surface area contributed by atoms with Crippen LogP contribution in [-0.4, -0.2) is 50.8 Å². The Morgan fingerprint density at radius 3 is 2.56 bits per heavy atom. The molecule has 96 valence electrons. The molecular formula is C13H28N2O. The molecule has 0 bridgehead atoms. The molecule has 0 aromatic heterocycles. The van der Waals surface area contributed by atoms with Gasteiger partial charge in [-0.15, -0.1) is 0 Å². The molecular weight excluding hydrogens is 200 g/mol. The molecule has 1 saturated heterocycles. The van der Waals surface area contributed by atoms with Crippen LogP contribution in [0.25, 0.3) is 0 Å². The van der Waals surface area contributed by atoms with Crippen molar-refractivity contribution in [2.45, 2.75) is 39.7 Å². The molecule has 16 heavy (non-hydrogen) atoms. The molecule has 0 aliphatic carbocycles. The number of nitrogens with one attached hydrogen (secondary N) is 1. The van der Waals surface area contributed by atoms with E-state index in [-0.39, 0.29) is 0 Å². The highest BCUT2D eigenvalue weighted by molar-refractivity contribution is 4.84. The minimum Gasteiger partial charge on any atom is -0.376 e. The Bertz CT molecular complexity index is 192. The number of ether oxygens (including phenoxy) is 1. The summed E-state index contributed by atoms with van der Waals surface area (Å²) in [4.78, 5) is 2.57. The van der Waals surface area contributed by atoms with Gasteiger partial charge in [0.25, 0.3) is 0 Å². The molecule has 0 aromatic rings. The molecule has 0 saturated carbocycles. The lowest BCUT2D eigenvalue weighted by Crippen LogP contribution is -2.49. The Hall–Kier alpha value is -0.120. The van der Waals surface area contributed by atoms with E-state index >= 15 is 0 Å². The van der Waals surface area contributed by atoms with Gasteiger partial charge >= 0.3 is 0 Å². The first-order valence-corrected chi connectivity index (χ1v) is 6.64. The zero-order valence-corrected chi connectivity index (χ0v) is 11.4.